The predicted molar refractivity (Wildman–Crippen MR) is 101 cm³/mol. The second kappa shape index (κ2) is 8.16. The number of nitrogens with zero attached hydrogens (tertiary/aromatic N) is 1. The van der Waals surface area contributed by atoms with E-state index in [-0.39, 0.29) is 24.2 Å². The first-order valence-corrected chi connectivity index (χ1v) is 8.64. The number of aromatic amines is 1. The maximum absolute atomic E-state index is 12.7. The van der Waals surface area contributed by atoms with Gasteiger partial charge in [-0.25, -0.2) is 4.98 Å². The molecule has 0 aliphatic carbocycles. The first-order chi connectivity index (χ1) is 13.3. The standard InChI is InChI=1S/C20H19F3N4O/c1-13(19-25-11-17(27-19)14-6-3-2-4-7-14)26-18(28)12-24-16-9-5-8-15(10-16)20(21,22)23/h2-11,13,24H,12H2,1H3,(H,25,27)(H,26,28). The highest BCUT2D eigenvalue weighted by molar-refractivity contribution is 5.81. The number of amides is 1. The lowest BCUT2D eigenvalue weighted by molar-refractivity contribution is -0.137. The van der Waals surface area contributed by atoms with Gasteiger partial charge in [-0.2, -0.15) is 13.2 Å². The smallest absolute Gasteiger partial charge is 0.376 e. The van der Waals surface area contributed by atoms with Crippen LogP contribution < -0.4 is 10.6 Å². The number of nitrogens with one attached hydrogen (secondary N) is 3. The van der Waals surface area contributed by atoms with E-state index >= 15 is 0 Å². The van der Waals surface area contributed by atoms with E-state index < -0.39 is 11.7 Å². The Morgan fingerprint density at radius 2 is 1.89 bits per heavy atom. The van der Waals surface area contributed by atoms with Crippen molar-refractivity contribution >= 4 is 11.6 Å². The predicted octanol–water partition coefficient (Wildman–Crippen LogP) is 4.38. The van der Waals surface area contributed by atoms with Gasteiger partial charge in [0.05, 0.1) is 30.0 Å². The molecule has 3 rings (SSSR count). The zero-order valence-electron chi connectivity index (χ0n) is 15.0. The fraction of sp³-hybridized carbons (Fsp3) is 0.200. The number of aromatic nitrogens is 2. The average Bonchev–Trinajstić information content (AvgIpc) is 3.17. The minimum atomic E-state index is -4.43. The molecule has 146 valence electrons. The molecule has 8 heteroatoms. The molecular formula is C20H19F3N4O. The third kappa shape index (κ3) is 4.91. The van der Waals surface area contributed by atoms with Gasteiger partial charge in [-0.15, -0.1) is 0 Å². The lowest BCUT2D eigenvalue weighted by atomic mass is 10.2. The fourth-order valence-corrected chi connectivity index (χ4v) is 2.67. The van der Waals surface area contributed by atoms with E-state index in [2.05, 4.69) is 20.6 Å². The van der Waals surface area contributed by atoms with Crippen LogP contribution in [0, 0.1) is 0 Å². The molecule has 0 bridgehead atoms. The quantitative estimate of drug-likeness (QED) is 0.587. The van der Waals surface area contributed by atoms with E-state index in [0.717, 1.165) is 23.4 Å². The molecule has 1 aromatic heterocycles. The summed E-state index contributed by atoms with van der Waals surface area (Å²) in [6.45, 7) is 1.62. The summed E-state index contributed by atoms with van der Waals surface area (Å²) in [7, 11) is 0. The Bertz CT molecular complexity index is 938. The lowest BCUT2D eigenvalue weighted by Gasteiger charge is -2.13. The Hall–Kier alpha value is -3.29. The highest BCUT2D eigenvalue weighted by atomic mass is 19.4. The summed E-state index contributed by atoms with van der Waals surface area (Å²) >= 11 is 0. The Balaban J connectivity index is 1.56. The molecule has 0 aliphatic rings. The molecule has 5 nitrogen and oxygen atoms in total. The van der Waals surface area contributed by atoms with Gasteiger partial charge in [0.2, 0.25) is 5.91 Å². The van der Waals surface area contributed by atoms with Gasteiger partial charge in [-0.05, 0) is 30.7 Å². The second-order valence-electron chi connectivity index (χ2n) is 6.27. The van der Waals surface area contributed by atoms with Crippen molar-refractivity contribution in [3.8, 4) is 11.3 Å². The molecule has 1 amide bonds. The van der Waals surface area contributed by atoms with Crippen molar-refractivity contribution in [3.05, 3.63) is 72.2 Å². The molecule has 1 unspecified atom stereocenters. The summed E-state index contributed by atoms with van der Waals surface area (Å²) in [5.41, 5.74) is 1.27. The molecule has 2 aromatic carbocycles. The van der Waals surface area contributed by atoms with Gasteiger partial charge in [0.1, 0.15) is 5.82 Å². The highest BCUT2D eigenvalue weighted by Crippen LogP contribution is 2.30. The highest BCUT2D eigenvalue weighted by Gasteiger charge is 2.30. The number of carbonyl (C=O) groups is 1. The summed E-state index contributed by atoms with van der Waals surface area (Å²) in [5.74, 6) is 0.230. The molecular weight excluding hydrogens is 369 g/mol. The van der Waals surface area contributed by atoms with E-state index in [1.807, 2.05) is 30.3 Å². The molecule has 0 aliphatic heterocycles. The molecule has 1 atom stereocenters. The monoisotopic (exact) mass is 388 g/mol. The maximum atomic E-state index is 12.7. The van der Waals surface area contributed by atoms with Crippen molar-refractivity contribution in [2.45, 2.75) is 19.1 Å². The molecule has 0 radical (unpaired) electrons. The number of hydrogen-bond donors (Lipinski definition) is 3. The molecule has 0 fully saturated rings. The van der Waals surface area contributed by atoms with Crippen LogP contribution in [0.5, 0.6) is 0 Å². The number of hydrogen-bond acceptors (Lipinski definition) is 3. The molecule has 3 aromatic rings. The molecule has 0 saturated carbocycles. The van der Waals surface area contributed by atoms with E-state index in [4.69, 9.17) is 0 Å². The van der Waals surface area contributed by atoms with Crippen LogP contribution >= 0.6 is 0 Å². The van der Waals surface area contributed by atoms with Crippen LogP contribution in [0.2, 0.25) is 0 Å². The Labute approximate surface area is 160 Å². The van der Waals surface area contributed by atoms with Crippen molar-refractivity contribution < 1.29 is 18.0 Å². The Morgan fingerprint density at radius 1 is 1.14 bits per heavy atom. The van der Waals surface area contributed by atoms with Gasteiger partial charge in [-0.1, -0.05) is 36.4 Å². The van der Waals surface area contributed by atoms with Crippen LogP contribution in [0.25, 0.3) is 11.3 Å². The number of imidazole rings is 1. The number of carbonyl (C=O) groups excluding carboxylic acids is 1. The summed E-state index contributed by atoms with van der Waals surface area (Å²) in [6, 6.07) is 14.0. The lowest BCUT2D eigenvalue weighted by Crippen LogP contribution is -2.32. The SMILES string of the molecule is CC(NC(=O)CNc1cccc(C(F)(F)F)c1)c1ncc(-c2ccccc2)[nH]1. The van der Waals surface area contributed by atoms with Crippen LogP contribution in [0.1, 0.15) is 24.4 Å². The topological polar surface area (TPSA) is 69.8 Å². The average molecular weight is 388 g/mol. The fourth-order valence-electron chi connectivity index (χ4n) is 2.67. The summed E-state index contributed by atoms with van der Waals surface area (Å²) in [6.07, 6.45) is -2.74. The van der Waals surface area contributed by atoms with Crippen molar-refractivity contribution in [1.82, 2.24) is 15.3 Å². The summed E-state index contributed by atoms with van der Waals surface area (Å²) < 4.78 is 38.2. The first-order valence-electron chi connectivity index (χ1n) is 8.64. The number of alkyl halides is 3. The molecule has 0 saturated heterocycles. The van der Waals surface area contributed by atoms with E-state index in [0.29, 0.717) is 5.82 Å². The third-order valence-corrected chi connectivity index (χ3v) is 4.11. The van der Waals surface area contributed by atoms with Gasteiger partial charge in [-0.3, -0.25) is 4.79 Å². The van der Waals surface area contributed by atoms with Gasteiger partial charge >= 0.3 is 6.18 Å². The molecule has 1 heterocycles. The third-order valence-electron chi connectivity index (χ3n) is 4.11. The van der Waals surface area contributed by atoms with E-state index in [1.165, 1.54) is 12.1 Å². The largest absolute Gasteiger partial charge is 0.416 e. The Kier molecular flexibility index (Phi) is 5.67. The van der Waals surface area contributed by atoms with Gasteiger partial charge < -0.3 is 15.6 Å². The van der Waals surface area contributed by atoms with Crippen molar-refractivity contribution in [2.75, 3.05) is 11.9 Å². The molecule has 28 heavy (non-hydrogen) atoms. The Morgan fingerprint density at radius 3 is 2.61 bits per heavy atom. The minimum absolute atomic E-state index is 0.155. The number of halogens is 3. The zero-order valence-corrected chi connectivity index (χ0v) is 15.0. The van der Waals surface area contributed by atoms with Crippen molar-refractivity contribution in [3.63, 3.8) is 0 Å². The van der Waals surface area contributed by atoms with Crippen molar-refractivity contribution in [2.24, 2.45) is 0 Å². The number of H-pyrrole nitrogens is 1. The van der Waals surface area contributed by atoms with Crippen LogP contribution in [0.4, 0.5) is 18.9 Å². The zero-order chi connectivity index (χ0) is 20.1. The first kappa shape index (κ1) is 19.5. The van der Waals surface area contributed by atoms with Crippen LogP contribution in [-0.4, -0.2) is 22.4 Å². The van der Waals surface area contributed by atoms with Crippen LogP contribution in [0.15, 0.2) is 60.8 Å². The van der Waals surface area contributed by atoms with Gasteiger partial charge in [0.25, 0.3) is 0 Å². The van der Waals surface area contributed by atoms with Crippen molar-refractivity contribution in [1.29, 1.82) is 0 Å². The minimum Gasteiger partial charge on any atom is -0.376 e. The van der Waals surface area contributed by atoms with Gasteiger partial charge in [0, 0.05) is 5.69 Å². The van der Waals surface area contributed by atoms with E-state index in [9.17, 15) is 18.0 Å². The van der Waals surface area contributed by atoms with Crippen LogP contribution in [-0.2, 0) is 11.0 Å². The summed E-state index contributed by atoms with van der Waals surface area (Å²) in [4.78, 5) is 19.6. The second-order valence-corrected chi connectivity index (χ2v) is 6.27. The number of benzene rings is 2. The maximum Gasteiger partial charge on any atom is 0.416 e. The normalized spacial score (nSPS) is 12.4. The number of anilines is 1. The van der Waals surface area contributed by atoms with Gasteiger partial charge in [0.15, 0.2) is 0 Å². The molecule has 0 spiro atoms. The summed E-state index contributed by atoms with van der Waals surface area (Å²) in [5, 5.41) is 5.46. The van der Waals surface area contributed by atoms with Crippen LogP contribution in [0.3, 0.4) is 0 Å². The molecule has 3 N–H and O–H groups in total. The van der Waals surface area contributed by atoms with E-state index in [1.54, 1.807) is 13.1 Å². The number of rotatable bonds is 6.